The number of hydrazine groups is 1. The van der Waals surface area contributed by atoms with E-state index in [1.807, 2.05) is 0 Å². The molecule has 0 aliphatic rings. The minimum Gasteiger partial charge on any atom is -0.383 e. The van der Waals surface area contributed by atoms with Gasteiger partial charge in [0.25, 0.3) is 0 Å². The fourth-order valence-corrected chi connectivity index (χ4v) is 0.705. The van der Waals surface area contributed by atoms with Crippen LogP contribution in [0.25, 0.3) is 0 Å². The fourth-order valence-electron chi connectivity index (χ4n) is 0.705. The van der Waals surface area contributed by atoms with Crippen LogP contribution in [0.1, 0.15) is 6.42 Å². The van der Waals surface area contributed by atoms with E-state index < -0.39 is 0 Å². The second-order valence-corrected chi connectivity index (χ2v) is 2.51. The predicted octanol–water partition coefficient (Wildman–Crippen LogP) is -2.08. The first-order chi connectivity index (χ1) is 6.70. The molecule has 0 rings (SSSR count). The number of ether oxygens (including phenoxy) is 1. The van der Waals surface area contributed by atoms with Gasteiger partial charge in [-0.05, 0) is 0 Å². The molecule has 0 saturated carbocycles. The van der Waals surface area contributed by atoms with E-state index in [1.54, 1.807) is 7.11 Å². The summed E-state index contributed by atoms with van der Waals surface area (Å²) in [7, 11) is 1.59. The van der Waals surface area contributed by atoms with Crippen molar-refractivity contribution in [2.24, 2.45) is 16.6 Å². The molecule has 82 valence electrons. The van der Waals surface area contributed by atoms with Crippen molar-refractivity contribution in [2.75, 3.05) is 26.8 Å². The van der Waals surface area contributed by atoms with Gasteiger partial charge in [0.1, 0.15) is 0 Å². The van der Waals surface area contributed by atoms with E-state index in [0.717, 1.165) is 0 Å². The summed E-state index contributed by atoms with van der Waals surface area (Å²) >= 11 is 0. The summed E-state index contributed by atoms with van der Waals surface area (Å²) in [5.74, 6) is 5.22. The zero-order chi connectivity index (χ0) is 10.8. The number of aliphatic imine (C=N–C) groups is 1. The Morgan fingerprint density at radius 1 is 1.57 bits per heavy atom. The molecule has 0 bridgehead atoms. The molecule has 7 heteroatoms. The number of carbonyl (C=O) groups excluding carboxylic acids is 1. The van der Waals surface area contributed by atoms with Crippen molar-refractivity contribution in [3.05, 3.63) is 0 Å². The standard InChI is InChI=1S/C7H17N5O2/c1-14-5-4-11-7(12-9)10-3-2-6(8)13/h2-5,9H2,1H3,(H2,8,13)(H2,10,11,12). The van der Waals surface area contributed by atoms with Crippen molar-refractivity contribution in [2.45, 2.75) is 6.42 Å². The highest BCUT2D eigenvalue weighted by Gasteiger charge is 1.96. The van der Waals surface area contributed by atoms with Crippen LogP contribution in [0.2, 0.25) is 0 Å². The van der Waals surface area contributed by atoms with Gasteiger partial charge >= 0.3 is 0 Å². The van der Waals surface area contributed by atoms with Gasteiger partial charge in [-0.3, -0.25) is 10.2 Å². The number of rotatable bonds is 6. The molecule has 14 heavy (non-hydrogen) atoms. The number of nitrogens with zero attached hydrogens (tertiary/aromatic N) is 1. The molecule has 7 nitrogen and oxygen atoms in total. The molecule has 0 radical (unpaired) electrons. The lowest BCUT2D eigenvalue weighted by Gasteiger charge is -2.07. The maximum atomic E-state index is 10.4. The molecule has 6 N–H and O–H groups in total. The molecule has 0 aromatic carbocycles. The zero-order valence-electron chi connectivity index (χ0n) is 8.25. The van der Waals surface area contributed by atoms with E-state index in [0.29, 0.717) is 25.7 Å². The lowest BCUT2D eigenvalue weighted by molar-refractivity contribution is -0.117. The molecule has 0 saturated heterocycles. The number of methoxy groups -OCH3 is 1. The lowest BCUT2D eigenvalue weighted by Crippen LogP contribution is -2.42. The summed E-state index contributed by atoms with van der Waals surface area (Å²) in [5, 5.41) is 2.82. The van der Waals surface area contributed by atoms with Crippen LogP contribution < -0.4 is 22.3 Å². The van der Waals surface area contributed by atoms with Crippen LogP contribution in [0.3, 0.4) is 0 Å². The highest BCUT2D eigenvalue weighted by atomic mass is 16.5. The van der Waals surface area contributed by atoms with Crippen LogP contribution in [-0.2, 0) is 9.53 Å². The highest BCUT2D eigenvalue weighted by molar-refractivity contribution is 5.80. The van der Waals surface area contributed by atoms with E-state index in [2.05, 4.69) is 15.7 Å². The Bertz CT molecular complexity index is 195. The summed E-state index contributed by atoms with van der Waals surface area (Å²) in [6.07, 6.45) is 0.241. The van der Waals surface area contributed by atoms with Gasteiger partial charge in [0.2, 0.25) is 11.9 Å². The van der Waals surface area contributed by atoms with E-state index >= 15 is 0 Å². The van der Waals surface area contributed by atoms with Gasteiger partial charge in [-0.1, -0.05) is 0 Å². The molecule has 0 spiro atoms. The minimum atomic E-state index is -0.370. The number of carbonyl (C=O) groups is 1. The van der Waals surface area contributed by atoms with Crippen LogP contribution in [0.15, 0.2) is 4.99 Å². The Morgan fingerprint density at radius 2 is 2.29 bits per heavy atom. The number of primary amides is 1. The molecular weight excluding hydrogens is 186 g/mol. The average molecular weight is 203 g/mol. The van der Waals surface area contributed by atoms with Crippen molar-refractivity contribution in [3.63, 3.8) is 0 Å². The van der Waals surface area contributed by atoms with E-state index in [-0.39, 0.29) is 12.3 Å². The molecule has 0 aliphatic carbocycles. The maximum absolute atomic E-state index is 10.4. The normalized spacial score (nSPS) is 11.1. The predicted molar refractivity (Wildman–Crippen MR) is 53.3 cm³/mol. The summed E-state index contributed by atoms with van der Waals surface area (Å²) in [5.41, 5.74) is 7.32. The molecule has 0 heterocycles. The molecule has 0 atom stereocenters. The van der Waals surface area contributed by atoms with Crippen molar-refractivity contribution in [3.8, 4) is 0 Å². The SMILES string of the molecule is COCCN=C(NN)NCCC(N)=O. The highest BCUT2D eigenvalue weighted by Crippen LogP contribution is 1.76. The van der Waals surface area contributed by atoms with Gasteiger partial charge in [-0.25, -0.2) is 10.8 Å². The lowest BCUT2D eigenvalue weighted by atomic mass is 10.4. The second kappa shape index (κ2) is 8.27. The van der Waals surface area contributed by atoms with Crippen molar-refractivity contribution < 1.29 is 9.53 Å². The van der Waals surface area contributed by atoms with Gasteiger partial charge in [-0.15, -0.1) is 0 Å². The average Bonchev–Trinajstić information content (AvgIpc) is 2.15. The number of nitrogens with two attached hydrogens (primary N) is 2. The van der Waals surface area contributed by atoms with E-state index in [1.165, 1.54) is 0 Å². The van der Waals surface area contributed by atoms with Crippen molar-refractivity contribution in [1.82, 2.24) is 10.7 Å². The minimum absolute atomic E-state index is 0.241. The first-order valence-electron chi connectivity index (χ1n) is 4.23. The van der Waals surface area contributed by atoms with Crippen LogP contribution in [0.4, 0.5) is 0 Å². The molecular formula is C7H17N5O2. The largest absolute Gasteiger partial charge is 0.383 e. The fraction of sp³-hybridized carbons (Fsp3) is 0.714. The Labute approximate surface area is 82.8 Å². The Morgan fingerprint density at radius 3 is 2.79 bits per heavy atom. The van der Waals surface area contributed by atoms with Gasteiger partial charge in [0.05, 0.1) is 13.2 Å². The number of hydrogen-bond acceptors (Lipinski definition) is 4. The van der Waals surface area contributed by atoms with Crippen molar-refractivity contribution in [1.29, 1.82) is 0 Å². The third-order valence-electron chi connectivity index (χ3n) is 1.37. The quantitative estimate of drug-likeness (QED) is 0.130. The van der Waals surface area contributed by atoms with Crippen LogP contribution >= 0.6 is 0 Å². The Hall–Kier alpha value is -1.34. The Kier molecular flexibility index (Phi) is 7.48. The summed E-state index contributed by atoms with van der Waals surface area (Å²) in [6, 6.07) is 0. The number of nitrogens with one attached hydrogen (secondary N) is 2. The zero-order valence-corrected chi connectivity index (χ0v) is 8.25. The summed E-state index contributed by atoms with van der Waals surface area (Å²) in [6.45, 7) is 1.42. The van der Waals surface area contributed by atoms with Crippen LogP contribution in [0, 0.1) is 0 Å². The second-order valence-electron chi connectivity index (χ2n) is 2.51. The number of guanidine groups is 1. The first kappa shape index (κ1) is 12.7. The third kappa shape index (κ3) is 7.32. The van der Waals surface area contributed by atoms with Gasteiger partial charge in [-0.2, -0.15) is 0 Å². The molecule has 0 unspecified atom stereocenters. The third-order valence-corrected chi connectivity index (χ3v) is 1.37. The van der Waals surface area contributed by atoms with Gasteiger partial charge < -0.3 is 15.8 Å². The summed E-state index contributed by atoms with van der Waals surface area (Å²) in [4.78, 5) is 14.4. The van der Waals surface area contributed by atoms with Crippen LogP contribution in [0.5, 0.6) is 0 Å². The maximum Gasteiger partial charge on any atom is 0.219 e. The molecule has 0 aromatic heterocycles. The van der Waals surface area contributed by atoms with Crippen molar-refractivity contribution >= 4 is 11.9 Å². The van der Waals surface area contributed by atoms with Crippen LogP contribution in [-0.4, -0.2) is 38.7 Å². The smallest absolute Gasteiger partial charge is 0.219 e. The first-order valence-corrected chi connectivity index (χ1v) is 4.23. The molecule has 0 fully saturated rings. The summed E-state index contributed by atoms with van der Waals surface area (Å²) < 4.78 is 4.80. The number of amides is 1. The van der Waals surface area contributed by atoms with Gasteiger partial charge in [0, 0.05) is 20.1 Å². The van der Waals surface area contributed by atoms with Gasteiger partial charge in [0.15, 0.2) is 0 Å². The monoisotopic (exact) mass is 203 g/mol. The number of hydrogen-bond donors (Lipinski definition) is 4. The molecule has 0 aliphatic heterocycles. The molecule has 0 aromatic rings. The van der Waals surface area contributed by atoms with E-state index in [9.17, 15) is 4.79 Å². The molecule has 1 amide bonds. The van der Waals surface area contributed by atoms with E-state index in [4.69, 9.17) is 16.3 Å². The Balaban J connectivity index is 3.66. The topological polar surface area (TPSA) is 115 Å².